The van der Waals surface area contributed by atoms with E-state index >= 15 is 0 Å². The van der Waals surface area contributed by atoms with Crippen LogP contribution < -0.4 is 10.1 Å². The molecule has 2 aromatic rings. The third kappa shape index (κ3) is 6.41. The summed E-state index contributed by atoms with van der Waals surface area (Å²) in [6.07, 6.45) is 1.17. The number of carbonyl (C=O) groups is 2. The highest BCUT2D eigenvalue weighted by Gasteiger charge is 2.15. The highest BCUT2D eigenvalue weighted by molar-refractivity contribution is 5.95. The number of unbranched alkanes of at least 4 members (excludes halogenated alkanes) is 1. The van der Waals surface area contributed by atoms with Crippen molar-refractivity contribution in [3.8, 4) is 5.75 Å². The quantitative estimate of drug-likeness (QED) is 0.479. The molecular weight excluding hydrogens is 354 g/mol. The Labute approximate surface area is 167 Å². The lowest BCUT2D eigenvalue weighted by Gasteiger charge is -2.15. The minimum absolute atomic E-state index is 0.258. The topological polar surface area (TPSA) is 64.6 Å². The third-order valence-electron chi connectivity index (χ3n) is 4.35. The average Bonchev–Trinajstić information content (AvgIpc) is 2.69. The number of carbonyl (C=O) groups excluding carboxylic acids is 2. The van der Waals surface area contributed by atoms with Gasteiger partial charge in [-0.2, -0.15) is 0 Å². The number of benzene rings is 2. The first-order chi connectivity index (χ1) is 13.4. The van der Waals surface area contributed by atoms with Gasteiger partial charge in [0.25, 0.3) is 5.91 Å². The van der Waals surface area contributed by atoms with Crippen LogP contribution in [-0.2, 0) is 9.53 Å². The highest BCUT2D eigenvalue weighted by Crippen LogP contribution is 2.20. The molecular formula is C23H29NO4. The Balaban J connectivity index is 1.88. The summed E-state index contributed by atoms with van der Waals surface area (Å²) in [6, 6.07) is 14.4. The number of amides is 1. The van der Waals surface area contributed by atoms with E-state index in [9.17, 15) is 9.59 Å². The fraction of sp³-hybridized carbons (Fsp3) is 0.391. The molecule has 0 radical (unpaired) electrons. The van der Waals surface area contributed by atoms with Crippen molar-refractivity contribution in [3.05, 3.63) is 59.7 Å². The number of esters is 1. The molecule has 1 amide bonds. The Morgan fingerprint density at radius 1 is 0.964 bits per heavy atom. The molecule has 0 saturated heterocycles. The van der Waals surface area contributed by atoms with Crippen molar-refractivity contribution in [3.63, 3.8) is 0 Å². The van der Waals surface area contributed by atoms with Gasteiger partial charge in [-0.15, -0.1) is 0 Å². The number of anilines is 1. The zero-order chi connectivity index (χ0) is 20.5. The van der Waals surface area contributed by atoms with Gasteiger partial charge in [0.15, 0.2) is 6.10 Å². The summed E-state index contributed by atoms with van der Waals surface area (Å²) in [5.41, 5.74) is 2.28. The lowest BCUT2D eigenvalue weighted by molar-refractivity contribution is -0.122. The van der Waals surface area contributed by atoms with Gasteiger partial charge >= 0.3 is 5.97 Å². The van der Waals surface area contributed by atoms with Crippen LogP contribution in [0.1, 0.15) is 62.4 Å². The van der Waals surface area contributed by atoms with E-state index in [4.69, 9.17) is 9.47 Å². The van der Waals surface area contributed by atoms with Crippen LogP contribution in [0.15, 0.2) is 48.5 Å². The van der Waals surface area contributed by atoms with Crippen molar-refractivity contribution in [2.45, 2.75) is 52.6 Å². The maximum atomic E-state index is 12.4. The Morgan fingerprint density at radius 3 is 2.18 bits per heavy atom. The first kappa shape index (κ1) is 21.5. The SMILES string of the molecule is CCCCOC(=O)c1ccc(NC(=O)C(C)Oc2ccc(C(C)C)cc2)cc1. The number of rotatable bonds is 9. The Bertz CT molecular complexity index is 766. The average molecular weight is 383 g/mol. The molecule has 150 valence electrons. The van der Waals surface area contributed by atoms with Gasteiger partial charge in [0, 0.05) is 5.69 Å². The van der Waals surface area contributed by atoms with Crippen LogP contribution in [0, 0.1) is 0 Å². The van der Waals surface area contributed by atoms with E-state index in [0.717, 1.165) is 12.8 Å². The second kappa shape index (κ2) is 10.5. The molecule has 0 aromatic heterocycles. The van der Waals surface area contributed by atoms with Crippen LogP contribution in [-0.4, -0.2) is 24.6 Å². The Morgan fingerprint density at radius 2 is 1.61 bits per heavy atom. The van der Waals surface area contributed by atoms with E-state index in [1.165, 1.54) is 5.56 Å². The molecule has 0 aliphatic rings. The van der Waals surface area contributed by atoms with Crippen molar-refractivity contribution in [1.29, 1.82) is 0 Å². The molecule has 5 heteroatoms. The zero-order valence-corrected chi connectivity index (χ0v) is 17.0. The largest absolute Gasteiger partial charge is 0.481 e. The minimum atomic E-state index is -0.649. The molecule has 0 saturated carbocycles. The molecule has 1 atom stereocenters. The van der Waals surface area contributed by atoms with Crippen molar-refractivity contribution >= 4 is 17.6 Å². The fourth-order valence-electron chi connectivity index (χ4n) is 2.52. The highest BCUT2D eigenvalue weighted by atomic mass is 16.5. The molecule has 2 aromatic carbocycles. The number of nitrogens with one attached hydrogen (secondary N) is 1. The van der Waals surface area contributed by atoms with Gasteiger partial charge in [-0.3, -0.25) is 4.79 Å². The van der Waals surface area contributed by atoms with Gasteiger partial charge in [0.1, 0.15) is 5.75 Å². The van der Waals surface area contributed by atoms with Gasteiger partial charge in [-0.05, 0) is 61.2 Å². The maximum absolute atomic E-state index is 12.4. The zero-order valence-electron chi connectivity index (χ0n) is 17.0. The molecule has 0 fully saturated rings. The van der Waals surface area contributed by atoms with E-state index in [1.807, 2.05) is 31.2 Å². The summed E-state index contributed by atoms with van der Waals surface area (Å²) < 4.78 is 10.9. The summed E-state index contributed by atoms with van der Waals surface area (Å²) >= 11 is 0. The molecule has 1 unspecified atom stereocenters. The molecule has 5 nitrogen and oxygen atoms in total. The van der Waals surface area contributed by atoms with Crippen molar-refractivity contribution in [1.82, 2.24) is 0 Å². The maximum Gasteiger partial charge on any atom is 0.338 e. The molecule has 2 rings (SSSR count). The normalized spacial score (nSPS) is 11.8. The lowest BCUT2D eigenvalue weighted by Crippen LogP contribution is -2.30. The summed E-state index contributed by atoms with van der Waals surface area (Å²) in [5, 5.41) is 2.79. The lowest BCUT2D eigenvalue weighted by atomic mass is 10.0. The summed E-state index contributed by atoms with van der Waals surface area (Å²) in [4.78, 5) is 24.3. The number of hydrogen-bond donors (Lipinski definition) is 1. The van der Waals surface area contributed by atoms with Crippen LogP contribution in [0.2, 0.25) is 0 Å². The number of ether oxygens (including phenoxy) is 2. The summed E-state index contributed by atoms with van der Waals surface area (Å²) in [6.45, 7) is 8.41. The van der Waals surface area contributed by atoms with E-state index in [0.29, 0.717) is 29.5 Å². The van der Waals surface area contributed by atoms with Crippen molar-refractivity contribution < 1.29 is 19.1 Å². The molecule has 0 heterocycles. The van der Waals surface area contributed by atoms with E-state index in [-0.39, 0.29) is 11.9 Å². The van der Waals surface area contributed by atoms with Crippen LogP contribution >= 0.6 is 0 Å². The van der Waals surface area contributed by atoms with Crippen molar-refractivity contribution in [2.24, 2.45) is 0 Å². The summed E-state index contributed by atoms with van der Waals surface area (Å²) in [5.74, 6) is 0.484. The minimum Gasteiger partial charge on any atom is -0.481 e. The van der Waals surface area contributed by atoms with Crippen LogP contribution in [0.4, 0.5) is 5.69 Å². The van der Waals surface area contributed by atoms with Gasteiger partial charge in [-0.25, -0.2) is 4.79 Å². The monoisotopic (exact) mass is 383 g/mol. The first-order valence-electron chi connectivity index (χ1n) is 9.75. The predicted molar refractivity (Wildman–Crippen MR) is 111 cm³/mol. The van der Waals surface area contributed by atoms with Gasteiger partial charge in [0.05, 0.1) is 12.2 Å². The molecule has 0 bridgehead atoms. The molecule has 1 N–H and O–H groups in total. The van der Waals surface area contributed by atoms with Gasteiger partial charge in [0.2, 0.25) is 0 Å². The van der Waals surface area contributed by atoms with Crippen LogP contribution in [0.25, 0.3) is 0 Å². The predicted octanol–water partition coefficient (Wildman–Crippen LogP) is 5.17. The molecule has 0 aliphatic heterocycles. The van der Waals surface area contributed by atoms with Gasteiger partial charge in [-0.1, -0.05) is 39.3 Å². The first-order valence-corrected chi connectivity index (χ1v) is 9.75. The van der Waals surface area contributed by atoms with E-state index < -0.39 is 6.10 Å². The van der Waals surface area contributed by atoms with E-state index in [1.54, 1.807) is 31.2 Å². The van der Waals surface area contributed by atoms with Crippen LogP contribution in [0.3, 0.4) is 0 Å². The molecule has 0 spiro atoms. The van der Waals surface area contributed by atoms with E-state index in [2.05, 4.69) is 19.2 Å². The smallest absolute Gasteiger partial charge is 0.338 e. The Hall–Kier alpha value is -2.82. The fourth-order valence-corrected chi connectivity index (χ4v) is 2.52. The van der Waals surface area contributed by atoms with Crippen molar-refractivity contribution in [2.75, 3.05) is 11.9 Å². The standard InChI is InChI=1S/C23H29NO4/c1-5-6-15-27-23(26)19-7-11-20(12-8-19)24-22(25)17(4)28-21-13-9-18(10-14-21)16(2)3/h7-14,16-17H,5-6,15H2,1-4H3,(H,24,25). The second-order valence-corrected chi connectivity index (χ2v) is 7.04. The summed E-state index contributed by atoms with van der Waals surface area (Å²) in [7, 11) is 0. The third-order valence-corrected chi connectivity index (χ3v) is 4.35. The molecule has 28 heavy (non-hydrogen) atoms. The van der Waals surface area contributed by atoms with Crippen LogP contribution in [0.5, 0.6) is 5.75 Å². The molecule has 0 aliphatic carbocycles. The second-order valence-electron chi connectivity index (χ2n) is 7.04. The van der Waals surface area contributed by atoms with Gasteiger partial charge < -0.3 is 14.8 Å². The Kier molecular flexibility index (Phi) is 8.05. The number of hydrogen-bond acceptors (Lipinski definition) is 4.